The Morgan fingerprint density at radius 3 is 2.70 bits per heavy atom. The first kappa shape index (κ1) is 20.2. The maximum absolute atomic E-state index is 11.6. The van der Waals surface area contributed by atoms with Crippen LogP contribution in [0.3, 0.4) is 0 Å². The van der Waals surface area contributed by atoms with Crippen molar-refractivity contribution in [3.8, 4) is 0 Å². The third-order valence-electron chi connectivity index (χ3n) is 4.07. The number of hydrogen-bond donors (Lipinski definition) is 1. The molecule has 146 valence electrons. The van der Waals surface area contributed by atoms with E-state index in [1.54, 1.807) is 18.3 Å². The van der Waals surface area contributed by atoms with Crippen LogP contribution in [0.1, 0.15) is 17.4 Å². The molecule has 1 aromatic heterocycles. The molecular formula is C18H20ClNO6S. The Kier molecular flexibility index (Phi) is 6.46. The molecule has 7 nitrogen and oxygen atoms in total. The molecule has 0 saturated carbocycles. The van der Waals surface area contributed by atoms with E-state index in [0.717, 1.165) is 11.8 Å². The van der Waals surface area contributed by atoms with E-state index < -0.39 is 34.7 Å². The fourth-order valence-corrected chi connectivity index (χ4v) is 3.70. The number of pyridine rings is 1. The number of aliphatic hydroxyl groups excluding tert-OH is 1. The van der Waals surface area contributed by atoms with Gasteiger partial charge in [0.1, 0.15) is 17.4 Å². The van der Waals surface area contributed by atoms with Gasteiger partial charge in [0, 0.05) is 18.2 Å². The van der Waals surface area contributed by atoms with Crippen LogP contribution in [0.25, 0.3) is 0 Å². The van der Waals surface area contributed by atoms with Gasteiger partial charge in [-0.15, -0.1) is 0 Å². The summed E-state index contributed by atoms with van der Waals surface area (Å²) in [6, 6.07) is 12.6. The molecule has 0 amide bonds. The Morgan fingerprint density at radius 2 is 2.04 bits per heavy atom. The zero-order chi connectivity index (χ0) is 19.4. The van der Waals surface area contributed by atoms with Crippen LogP contribution in [0.4, 0.5) is 0 Å². The molecule has 1 N–H and O–H groups in total. The summed E-state index contributed by atoms with van der Waals surface area (Å²) in [6.45, 7) is -0.0465. The van der Waals surface area contributed by atoms with Crippen LogP contribution in [0.5, 0.6) is 0 Å². The number of hydrogen-bond acceptors (Lipinski definition) is 7. The van der Waals surface area contributed by atoms with E-state index in [4.69, 9.17) is 25.3 Å². The molecule has 1 aromatic carbocycles. The van der Waals surface area contributed by atoms with Gasteiger partial charge < -0.3 is 14.6 Å². The predicted octanol–water partition coefficient (Wildman–Crippen LogP) is 2.10. The van der Waals surface area contributed by atoms with Crippen molar-refractivity contribution < 1.29 is 27.2 Å². The van der Waals surface area contributed by atoms with Gasteiger partial charge in [0.2, 0.25) is 0 Å². The zero-order valence-electron chi connectivity index (χ0n) is 14.6. The highest BCUT2D eigenvalue weighted by Gasteiger charge is 2.40. The standard InChI is InChI=1S/C18H20ClNO6S/c1-27(22,23)26-15-11-24-18(12-6-3-2-4-7-12)25-16(15)14(21)10-13-8-5-9-20-17(13)19/h2-9,14-16,18,21H,10-11H2,1H3/t14-,15?,16?,18?/m1/s1. The number of aromatic nitrogens is 1. The van der Waals surface area contributed by atoms with Crippen molar-refractivity contribution >= 4 is 21.7 Å². The molecule has 9 heteroatoms. The van der Waals surface area contributed by atoms with Gasteiger partial charge in [-0.25, -0.2) is 4.98 Å². The van der Waals surface area contributed by atoms with E-state index >= 15 is 0 Å². The van der Waals surface area contributed by atoms with E-state index in [9.17, 15) is 13.5 Å². The summed E-state index contributed by atoms with van der Waals surface area (Å²) >= 11 is 6.06. The number of nitrogens with zero attached hydrogens (tertiary/aromatic N) is 1. The lowest BCUT2D eigenvalue weighted by molar-refractivity contribution is -0.269. The van der Waals surface area contributed by atoms with E-state index in [0.29, 0.717) is 5.56 Å². The fourth-order valence-electron chi connectivity index (χ4n) is 2.89. The molecule has 2 aromatic rings. The Labute approximate surface area is 163 Å². The molecule has 1 aliphatic heterocycles. The summed E-state index contributed by atoms with van der Waals surface area (Å²) in [6.07, 6.45) is -1.12. The van der Waals surface area contributed by atoms with Gasteiger partial charge in [-0.1, -0.05) is 48.0 Å². The Bertz CT molecular complexity index is 863. The first-order chi connectivity index (χ1) is 12.8. The maximum Gasteiger partial charge on any atom is 0.264 e. The Morgan fingerprint density at radius 1 is 1.30 bits per heavy atom. The molecule has 0 spiro atoms. The lowest BCUT2D eigenvalue weighted by atomic mass is 10.0. The number of ether oxygens (including phenoxy) is 2. The minimum absolute atomic E-state index is 0.0465. The van der Waals surface area contributed by atoms with Crippen molar-refractivity contribution in [2.45, 2.75) is 31.0 Å². The monoisotopic (exact) mass is 413 g/mol. The normalized spacial score (nSPS) is 24.5. The minimum atomic E-state index is -3.76. The summed E-state index contributed by atoms with van der Waals surface area (Å²) in [5.74, 6) is 0. The van der Waals surface area contributed by atoms with Crippen LogP contribution in [-0.4, -0.2) is 49.7 Å². The predicted molar refractivity (Wildman–Crippen MR) is 98.7 cm³/mol. The fraction of sp³-hybridized carbons (Fsp3) is 0.389. The van der Waals surface area contributed by atoms with Crippen LogP contribution < -0.4 is 0 Å². The second-order valence-electron chi connectivity index (χ2n) is 6.24. The molecule has 0 aliphatic carbocycles. The lowest BCUT2D eigenvalue weighted by Crippen LogP contribution is -2.50. The second-order valence-corrected chi connectivity index (χ2v) is 8.20. The minimum Gasteiger partial charge on any atom is -0.390 e. The highest BCUT2D eigenvalue weighted by molar-refractivity contribution is 7.86. The van der Waals surface area contributed by atoms with Crippen molar-refractivity contribution in [3.05, 3.63) is 64.9 Å². The van der Waals surface area contributed by atoms with Crippen molar-refractivity contribution in [1.82, 2.24) is 4.98 Å². The molecule has 1 aliphatic rings. The summed E-state index contributed by atoms with van der Waals surface area (Å²) < 4.78 is 39.7. The molecule has 3 rings (SSSR count). The van der Waals surface area contributed by atoms with Gasteiger partial charge in [-0.2, -0.15) is 8.42 Å². The van der Waals surface area contributed by atoms with E-state index in [1.807, 2.05) is 30.3 Å². The highest BCUT2D eigenvalue weighted by Crippen LogP contribution is 2.31. The van der Waals surface area contributed by atoms with Crippen LogP contribution in [0.2, 0.25) is 5.15 Å². The van der Waals surface area contributed by atoms with Gasteiger partial charge in [-0.3, -0.25) is 4.18 Å². The Hall–Kier alpha value is -1.55. The van der Waals surface area contributed by atoms with E-state index in [-0.39, 0.29) is 18.2 Å². The summed E-state index contributed by atoms with van der Waals surface area (Å²) in [5, 5.41) is 11.0. The summed E-state index contributed by atoms with van der Waals surface area (Å²) in [4.78, 5) is 3.98. The molecule has 1 fully saturated rings. The van der Waals surface area contributed by atoms with Crippen LogP contribution in [0.15, 0.2) is 48.7 Å². The second kappa shape index (κ2) is 8.64. The van der Waals surface area contributed by atoms with Crippen LogP contribution in [-0.2, 0) is 30.2 Å². The van der Waals surface area contributed by atoms with Gasteiger partial charge >= 0.3 is 0 Å². The zero-order valence-corrected chi connectivity index (χ0v) is 16.1. The van der Waals surface area contributed by atoms with Crippen molar-refractivity contribution in [1.29, 1.82) is 0 Å². The molecule has 4 atom stereocenters. The largest absolute Gasteiger partial charge is 0.390 e. The lowest BCUT2D eigenvalue weighted by Gasteiger charge is -2.38. The van der Waals surface area contributed by atoms with Gasteiger partial charge in [0.05, 0.1) is 19.0 Å². The number of aliphatic hydroxyl groups is 1. The van der Waals surface area contributed by atoms with Gasteiger partial charge in [0.25, 0.3) is 10.1 Å². The number of rotatable bonds is 6. The summed E-state index contributed by atoms with van der Waals surface area (Å²) in [7, 11) is -3.76. The maximum atomic E-state index is 11.6. The molecule has 0 radical (unpaired) electrons. The third kappa shape index (κ3) is 5.47. The van der Waals surface area contributed by atoms with Gasteiger partial charge in [0.15, 0.2) is 6.29 Å². The molecular weight excluding hydrogens is 394 g/mol. The summed E-state index contributed by atoms with van der Waals surface area (Å²) in [5.41, 5.74) is 1.38. The van der Waals surface area contributed by atoms with Crippen molar-refractivity contribution in [3.63, 3.8) is 0 Å². The molecule has 2 heterocycles. The molecule has 0 bridgehead atoms. The first-order valence-corrected chi connectivity index (χ1v) is 10.5. The molecule has 3 unspecified atom stereocenters. The van der Waals surface area contributed by atoms with E-state index in [2.05, 4.69) is 4.98 Å². The van der Waals surface area contributed by atoms with Crippen LogP contribution in [0, 0.1) is 0 Å². The quantitative estimate of drug-likeness (QED) is 0.572. The van der Waals surface area contributed by atoms with Crippen molar-refractivity contribution in [2.75, 3.05) is 12.9 Å². The smallest absolute Gasteiger partial charge is 0.264 e. The molecule has 1 saturated heterocycles. The molecule has 27 heavy (non-hydrogen) atoms. The third-order valence-corrected chi connectivity index (χ3v) is 5.01. The van der Waals surface area contributed by atoms with Gasteiger partial charge in [-0.05, 0) is 11.6 Å². The number of halogens is 1. The first-order valence-electron chi connectivity index (χ1n) is 8.31. The van der Waals surface area contributed by atoms with Crippen LogP contribution >= 0.6 is 11.6 Å². The average Bonchev–Trinajstić information content (AvgIpc) is 2.63. The topological polar surface area (TPSA) is 95.0 Å². The SMILES string of the molecule is CS(=O)(=O)OC1COC(c2ccccc2)OC1[C@H](O)Cc1cccnc1Cl. The number of benzene rings is 1. The Balaban J connectivity index is 1.81. The highest BCUT2D eigenvalue weighted by atomic mass is 35.5. The van der Waals surface area contributed by atoms with Crippen molar-refractivity contribution in [2.24, 2.45) is 0 Å². The average molecular weight is 414 g/mol. The van der Waals surface area contributed by atoms with E-state index in [1.165, 1.54) is 0 Å².